The van der Waals surface area contributed by atoms with Crippen molar-refractivity contribution in [1.29, 1.82) is 0 Å². The number of hydrogen-bond acceptors (Lipinski definition) is 4. The Bertz CT molecular complexity index is 1490. The van der Waals surface area contributed by atoms with E-state index in [4.69, 9.17) is 0 Å². The summed E-state index contributed by atoms with van der Waals surface area (Å²) < 4.78 is 104. The number of alkyl halides is 6. The van der Waals surface area contributed by atoms with Crippen LogP contribution in [0.5, 0.6) is 0 Å². The molecular formula is C23H15F6N3O2S. The van der Waals surface area contributed by atoms with Gasteiger partial charge in [-0.3, -0.25) is 4.57 Å². The number of imidazole rings is 1. The van der Waals surface area contributed by atoms with Gasteiger partial charge in [-0.1, -0.05) is 24.3 Å². The Morgan fingerprint density at radius 2 is 1.43 bits per heavy atom. The number of sulfone groups is 1. The van der Waals surface area contributed by atoms with Crippen molar-refractivity contribution >= 4 is 9.84 Å². The molecule has 0 saturated carbocycles. The van der Waals surface area contributed by atoms with Crippen LogP contribution in [0.25, 0.3) is 28.3 Å². The lowest BCUT2D eigenvalue weighted by molar-refractivity contribution is -0.138. The molecule has 182 valence electrons. The van der Waals surface area contributed by atoms with Gasteiger partial charge >= 0.3 is 12.4 Å². The molecule has 2 aromatic heterocycles. The van der Waals surface area contributed by atoms with E-state index in [1.54, 1.807) is 6.07 Å². The first-order valence-electron chi connectivity index (χ1n) is 9.83. The maximum atomic E-state index is 13.6. The smallest absolute Gasteiger partial charge is 0.290 e. The number of benzene rings is 2. The van der Waals surface area contributed by atoms with Gasteiger partial charge in [-0.15, -0.1) is 0 Å². The van der Waals surface area contributed by atoms with Crippen LogP contribution in [-0.4, -0.2) is 29.2 Å². The fraction of sp³-hybridized carbons (Fsp3) is 0.130. The van der Waals surface area contributed by atoms with Gasteiger partial charge in [-0.25, -0.2) is 18.4 Å². The third-order valence-corrected chi connectivity index (χ3v) is 6.16. The molecule has 35 heavy (non-hydrogen) atoms. The van der Waals surface area contributed by atoms with Crippen LogP contribution in [0.1, 0.15) is 11.1 Å². The first kappa shape index (κ1) is 24.5. The molecule has 0 fully saturated rings. The van der Waals surface area contributed by atoms with Crippen molar-refractivity contribution in [2.45, 2.75) is 17.2 Å². The van der Waals surface area contributed by atoms with Crippen LogP contribution in [0.15, 0.2) is 78.1 Å². The summed E-state index contributed by atoms with van der Waals surface area (Å²) >= 11 is 0. The second-order valence-corrected chi connectivity index (χ2v) is 9.65. The molecule has 0 radical (unpaired) electrons. The molecule has 5 nitrogen and oxygen atoms in total. The van der Waals surface area contributed by atoms with Gasteiger partial charge in [0.2, 0.25) is 0 Å². The van der Waals surface area contributed by atoms with Crippen molar-refractivity contribution in [3.8, 4) is 28.3 Å². The maximum Gasteiger partial charge on any atom is 0.416 e. The molecule has 0 amide bonds. The van der Waals surface area contributed by atoms with Gasteiger partial charge in [0.1, 0.15) is 12.1 Å². The van der Waals surface area contributed by atoms with Crippen LogP contribution in [0.4, 0.5) is 26.3 Å². The van der Waals surface area contributed by atoms with Gasteiger partial charge in [0, 0.05) is 23.6 Å². The van der Waals surface area contributed by atoms with E-state index in [1.165, 1.54) is 35.3 Å². The van der Waals surface area contributed by atoms with Crippen molar-refractivity contribution in [2.75, 3.05) is 6.26 Å². The maximum absolute atomic E-state index is 13.6. The van der Waals surface area contributed by atoms with E-state index in [1.807, 2.05) is 0 Å². The predicted octanol–water partition coefficient (Wildman–Crippen LogP) is 6.04. The number of rotatable bonds is 4. The monoisotopic (exact) mass is 511 g/mol. The Hall–Kier alpha value is -3.67. The summed E-state index contributed by atoms with van der Waals surface area (Å²) in [6.45, 7) is 0. The Labute approximate surface area is 195 Å². The normalized spacial score (nSPS) is 12.7. The van der Waals surface area contributed by atoms with Gasteiger partial charge in [-0.2, -0.15) is 26.3 Å². The standard InChI is InChI=1S/C23H15F6N3O2S/c1-35(33,34)18-4-2-3-15(9-18)20-12-32(13-30-20)21-11-17(23(27,28)29)10-19(31-21)14-5-7-16(8-6-14)22(24,25)26/h2-13H,1H3. The SMILES string of the molecule is CS(=O)(=O)c1cccc(-c2cn(-c3cc(C(F)(F)F)cc(-c4ccc(C(F)(F)F)cc4)n3)cn2)c1. The van der Waals surface area contributed by atoms with Gasteiger partial charge in [-0.05, 0) is 36.4 Å². The topological polar surface area (TPSA) is 64.8 Å². The summed E-state index contributed by atoms with van der Waals surface area (Å²) in [7, 11) is -3.49. The summed E-state index contributed by atoms with van der Waals surface area (Å²) in [5.74, 6) is -0.173. The minimum atomic E-state index is -4.74. The molecule has 4 aromatic rings. The average molecular weight is 511 g/mol. The van der Waals surface area contributed by atoms with Crippen molar-refractivity contribution in [2.24, 2.45) is 0 Å². The highest BCUT2D eigenvalue weighted by molar-refractivity contribution is 7.90. The minimum Gasteiger partial charge on any atom is -0.290 e. The molecule has 0 aliphatic heterocycles. The second-order valence-electron chi connectivity index (χ2n) is 7.64. The molecule has 0 bridgehead atoms. The van der Waals surface area contributed by atoms with E-state index >= 15 is 0 Å². The third-order valence-electron chi connectivity index (χ3n) is 5.05. The van der Waals surface area contributed by atoms with E-state index in [-0.39, 0.29) is 27.7 Å². The number of nitrogens with zero attached hydrogens (tertiary/aromatic N) is 3. The quantitative estimate of drug-likeness (QED) is 0.313. The molecule has 0 saturated heterocycles. The zero-order valence-electron chi connectivity index (χ0n) is 17.8. The molecule has 0 N–H and O–H groups in total. The fourth-order valence-corrected chi connectivity index (χ4v) is 3.94. The van der Waals surface area contributed by atoms with E-state index in [0.717, 1.165) is 42.7 Å². The number of pyridine rings is 1. The average Bonchev–Trinajstić information content (AvgIpc) is 3.28. The molecular weight excluding hydrogens is 496 g/mol. The van der Waals surface area contributed by atoms with Crippen molar-refractivity contribution in [1.82, 2.24) is 14.5 Å². The molecule has 0 atom stereocenters. The Balaban J connectivity index is 1.78. The fourth-order valence-electron chi connectivity index (χ4n) is 3.27. The highest BCUT2D eigenvalue weighted by Crippen LogP contribution is 2.35. The van der Waals surface area contributed by atoms with Crippen LogP contribution in [0, 0.1) is 0 Å². The van der Waals surface area contributed by atoms with E-state index in [9.17, 15) is 34.8 Å². The van der Waals surface area contributed by atoms with Crippen molar-refractivity contribution in [3.63, 3.8) is 0 Å². The third kappa shape index (κ3) is 5.37. The van der Waals surface area contributed by atoms with Crippen molar-refractivity contribution in [3.05, 3.63) is 84.3 Å². The van der Waals surface area contributed by atoms with Gasteiger partial charge in [0.15, 0.2) is 9.84 Å². The summed E-state index contributed by atoms with van der Waals surface area (Å²) in [4.78, 5) is 8.38. The van der Waals surface area contributed by atoms with E-state index in [2.05, 4.69) is 9.97 Å². The lowest BCUT2D eigenvalue weighted by Gasteiger charge is -2.13. The Morgan fingerprint density at radius 3 is 2.03 bits per heavy atom. The van der Waals surface area contributed by atoms with Crippen LogP contribution in [0.2, 0.25) is 0 Å². The molecule has 0 spiro atoms. The van der Waals surface area contributed by atoms with Gasteiger partial charge in [0.25, 0.3) is 0 Å². The zero-order valence-corrected chi connectivity index (χ0v) is 18.6. The molecule has 2 heterocycles. The molecule has 2 aromatic carbocycles. The molecule has 0 aliphatic rings. The molecule has 0 aliphatic carbocycles. The highest BCUT2D eigenvalue weighted by Gasteiger charge is 2.33. The summed E-state index contributed by atoms with van der Waals surface area (Å²) in [6.07, 6.45) is -5.71. The summed E-state index contributed by atoms with van der Waals surface area (Å²) in [5.41, 5.74) is -1.41. The lowest BCUT2D eigenvalue weighted by atomic mass is 10.1. The molecule has 0 unspecified atom stereocenters. The highest BCUT2D eigenvalue weighted by atomic mass is 32.2. The van der Waals surface area contributed by atoms with E-state index < -0.39 is 33.3 Å². The summed E-state index contributed by atoms with van der Waals surface area (Å²) in [5, 5.41) is 0. The largest absolute Gasteiger partial charge is 0.416 e. The van der Waals surface area contributed by atoms with Crippen LogP contribution < -0.4 is 0 Å². The predicted molar refractivity (Wildman–Crippen MR) is 115 cm³/mol. The van der Waals surface area contributed by atoms with Gasteiger partial charge < -0.3 is 0 Å². The van der Waals surface area contributed by atoms with Crippen LogP contribution in [-0.2, 0) is 22.2 Å². The number of halogens is 6. The summed E-state index contributed by atoms with van der Waals surface area (Å²) in [6, 6.07) is 11.0. The number of aromatic nitrogens is 3. The first-order chi connectivity index (χ1) is 16.2. The Kier molecular flexibility index (Phi) is 5.95. The first-order valence-corrected chi connectivity index (χ1v) is 11.7. The molecule has 4 rings (SSSR count). The van der Waals surface area contributed by atoms with Crippen molar-refractivity contribution < 1.29 is 34.8 Å². The van der Waals surface area contributed by atoms with E-state index in [0.29, 0.717) is 5.56 Å². The number of hydrogen-bond donors (Lipinski definition) is 0. The van der Waals surface area contributed by atoms with Gasteiger partial charge in [0.05, 0.1) is 27.4 Å². The van der Waals surface area contributed by atoms with Crippen LogP contribution >= 0.6 is 0 Å². The molecule has 12 heteroatoms. The minimum absolute atomic E-state index is 0.0475. The second kappa shape index (κ2) is 8.52. The van der Waals surface area contributed by atoms with Crippen LogP contribution in [0.3, 0.4) is 0 Å². The Morgan fingerprint density at radius 1 is 0.771 bits per heavy atom. The zero-order chi connectivity index (χ0) is 25.6. The lowest BCUT2D eigenvalue weighted by Crippen LogP contribution is -2.08.